The second kappa shape index (κ2) is 6.45. The van der Waals surface area contributed by atoms with Gasteiger partial charge in [-0.05, 0) is 26.0 Å². The number of aromatic amines is 1. The maximum absolute atomic E-state index is 12.2. The number of ether oxygens (including phenoxy) is 1. The van der Waals surface area contributed by atoms with E-state index in [-0.39, 0.29) is 12.5 Å². The lowest BCUT2D eigenvalue weighted by molar-refractivity contribution is 0.0527. The number of halogens is 1. The third-order valence-corrected chi connectivity index (χ3v) is 3.25. The highest BCUT2D eigenvalue weighted by Gasteiger charge is 2.20. The summed E-state index contributed by atoms with van der Waals surface area (Å²) in [5.74, 6) is -0.865. The van der Waals surface area contributed by atoms with Gasteiger partial charge in [0.05, 0.1) is 22.9 Å². The molecule has 0 unspecified atom stereocenters. The number of benzene rings is 1. The molecule has 6 heteroatoms. The van der Waals surface area contributed by atoms with Gasteiger partial charge in [0.25, 0.3) is 5.91 Å². The minimum atomic E-state index is -0.481. The van der Waals surface area contributed by atoms with Crippen LogP contribution in [0.4, 0.5) is 5.69 Å². The molecule has 0 spiro atoms. The van der Waals surface area contributed by atoms with Crippen molar-refractivity contribution in [2.24, 2.45) is 0 Å². The maximum Gasteiger partial charge on any atom is 0.342 e. The van der Waals surface area contributed by atoms with Crippen LogP contribution in [0.5, 0.6) is 0 Å². The van der Waals surface area contributed by atoms with Gasteiger partial charge in [-0.25, -0.2) is 4.79 Å². The van der Waals surface area contributed by atoms with E-state index in [9.17, 15) is 9.59 Å². The number of aryl methyl sites for hydroxylation is 1. The lowest BCUT2D eigenvalue weighted by Gasteiger charge is -2.08. The van der Waals surface area contributed by atoms with Gasteiger partial charge in [0.1, 0.15) is 5.56 Å². The molecule has 0 saturated heterocycles. The minimum absolute atomic E-state index is 0.265. The Morgan fingerprint density at radius 1 is 1.33 bits per heavy atom. The fourth-order valence-electron chi connectivity index (χ4n) is 1.93. The second-order valence-corrected chi connectivity index (χ2v) is 4.76. The van der Waals surface area contributed by atoms with Gasteiger partial charge in [0.2, 0.25) is 0 Å². The van der Waals surface area contributed by atoms with Gasteiger partial charge in [0, 0.05) is 11.9 Å². The zero-order chi connectivity index (χ0) is 15.4. The zero-order valence-corrected chi connectivity index (χ0v) is 12.5. The highest BCUT2D eigenvalue weighted by Crippen LogP contribution is 2.22. The first kappa shape index (κ1) is 15.1. The molecule has 1 aromatic carbocycles. The molecular formula is C15H15ClN2O3. The van der Waals surface area contributed by atoms with E-state index in [1.807, 2.05) is 0 Å². The number of esters is 1. The van der Waals surface area contributed by atoms with Crippen LogP contribution < -0.4 is 5.32 Å². The number of amides is 1. The molecular weight excluding hydrogens is 292 g/mol. The predicted octanol–water partition coefficient (Wildman–Crippen LogP) is 3.41. The van der Waals surface area contributed by atoms with Crippen molar-refractivity contribution in [3.8, 4) is 0 Å². The van der Waals surface area contributed by atoms with Crippen LogP contribution in [-0.4, -0.2) is 23.5 Å². The third kappa shape index (κ3) is 3.25. The monoisotopic (exact) mass is 306 g/mol. The van der Waals surface area contributed by atoms with Gasteiger partial charge < -0.3 is 15.0 Å². The molecule has 0 atom stereocenters. The van der Waals surface area contributed by atoms with E-state index in [1.54, 1.807) is 44.3 Å². The molecule has 0 radical (unpaired) electrons. The molecule has 2 rings (SSSR count). The fraction of sp³-hybridized carbons (Fsp3) is 0.200. The standard InChI is InChI=1S/C15H15ClN2O3/c1-3-21-15(20)13-9(2)17-8-12(13)18-14(19)10-6-4-5-7-11(10)16/h4-8,17H,3H2,1-2H3,(H,18,19). The zero-order valence-electron chi connectivity index (χ0n) is 11.7. The van der Waals surface area contributed by atoms with E-state index < -0.39 is 5.97 Å². The van der Waals surface area contributed by atoms with E-state index in [0.29, 0.717) is 27.5 Å². The Morgan fingerprint density at radius 2 is 2.05 bits per heavy atom. The average molecular weight is 307 g/mol. The maximum atomic E-state index is 12.2. The average Bonchev–Trinajstić information content (AvgIpc) is 2.80. The van der Waals surface area contributed by atoms with Crippen molar-refractivity contribution >= 4 is 29.2 Å². The SMILES string of the molecule is CCOC(=O)c1c(NC(=O)c2ccccc2Cl)c[nH]c1C. The Kier molecular flexibility index (Phi) is 4.65. The Hall–Kier alpha value is -2.27. The first-order chi connectivity index (χ1) is 10.0. The molecule has 0 bridgehead atoms. The Bertz CT molecular complexity index is 679. The molecule has 1 aromatic heterocycles. The highest BCUT2D eigenvalue weighted by atomic mass is 35.5. The predicted molar refractivity (Wildman–Crippen MR) is 80.9 cm³/mol. The van der Waals surface area contributed by atoms with E-state index >= 15 is 0 Å². The van der Waals surface area contributed by atoms with Crippen LogP contribution in [-0.2, 0) is 4.74 Å². The van der Waals surface area contributed by atoms with Crippen molar-refractivity contribution in [2.45, 2.75) is 13.8 Å². The van der Waals surface area contributed by atoms with Crippen molar-refractivity contribution in [1.29, 1.82) is 0 Å². The van der Waals surface area contributed by atoms with Crippen LogP contribution in [0.15, 0.2) is 30.5 Å². The van der Waals surface area contributed by atoms with E-state index in [0.717, 1.165) is 0 Å². The van der Waals surface area contributed by atoms with E-state index in [4.69, 9.17) is 16.3 Å². The molecule has 5 nitrogen and oxygen atoms in total. The number of carbonyl (C=O) groups excluding carboxylic acids is 2. The molecule has 1 heterocycles. The third-order valence-electron chi connectivity index (χ3n) is 2.92. The first-order valence-corrected chi connectivity index (χ1v) is 6.83. The Morgan fingerprint density at radius 3 is 2.71 bits per heavy atom. The van der Waals surface area contributed by atoms with Gasteiger partial charge in [-0.2, -0.15) is 0 Å². The lowest BCUT2D eigenvalue weighted by atomic mass is 10.2. The Labute approximate surface area is 127 Å². The normalized spacial score (nSPS) is 10.2. The first-order valence-electron chi connectivity index (χ1n) is 6.45. The number of hydrogen-bond acceptors (Lipinski definition) is 3. The van der Waals surface area contributed by atoms with Crippen molar-refractivity contribution in [1.82, 2.24) is 4.98 Å². The smallest absolute Gasteiger partial charge is 0.342 e. The molecule has 110 valence electrons. The summed E-state index contributed by atoms with van der Waals surface area (Å²) in [4.78, 5) is 27.0. The molecule has 21 heavy (non-hydrogen) atoms. The quantitative estimate of drug-likeness (QED) is 0.850. The van der Waals surface area contributed by atoms with Crippen LogP contribution >= 0.6 is 11.6 Å². The van der Waals surface area contributed by atoms with Crippen LogP contribution in [0.3, 0.4) is 0 Å². The second-order valence-electron chi connectivity index (χ2n) is 4.36. The van der Waals surface area contributed by atoms with Crippen molar-refractivity contribution in [3.05, 3.63) is 52.3 Å². The summed E-state index contributed by atoms with van der Waals surface area (Å²) in [7, 11) is 0. The number of aromatic nitrogens is 1. The van der Waals surface area contributed by atoms with Crippen molar-refractivity contribution < 1.29 is 14.3 Å². The lowest BCUT2D eigenvalue weighted by Crippen LogP contribution is -2.15. The van der Waals surface area contributed by atoms with E-state index in [1.165, 1.54) is 0 Å². The molecule has 1 amide bonds. The van der Waals surface area contributed by atoms with Crippen LogP contribution in [0, 0.1) is 6.92 Å². The Balaban J connectivity index is 2.27. The summed E-state index contributed by atoms with van der Waals surface area (Å²) in [6, 6.07) is 6.70. The summed E-state index contributed by atoms with van der Waals surface area (Å²) >= 11 is 5.98. The topological polar surface area (TPSA) is 71.2 Å². The fourth-order valence-corrected chi connectivity index (χ4v) is 2.15. The summed E-state index contributed by atoms with van der Waals surface area (Å²) < 4.78 is 4.98. The molecule has 2 aromatic rings. The van der Waals surface area contributed by atoms with Crippen LogP contribution in [0.25, 0.3) is 0 Å². The van der Waals surface area contributed by atoms with E-state index in [2.05, 4.69) is 10.3 Å². The number of H-pyrrole nitrogens is 1. The van der Waals surface area contributed by atoms with Gasteiger partial charge in [-0.1, -0.05) is 23.7 Å². The van der Waals surface area contributed by atoms with Gasteiger partial charge in [0.15, 0.2) is 0 Å². The van der Waals surface area contributed by atoms with Crippen molar-refractivity contribution in [3.63, 3.8) is 0 Å². The summed E-state index contributed by atoms with van der Waals surface area (Å²) in [5, 5.41) is 3.02. The highest BCUT2D eigenvalue weighted by molar-refractivity contribution is 6.34. The molecule has 0 aliphatic rings. The number of rotatable bonds is 4. The summed E-state index contributed by atoms with van der Waals surface area (Å²) in [6.45, 7) is 3.72. The largest absolute Gasteiger partial charge is 0.462 e. The summed E-state index contributed by atoms with van der Waals surface area (Å²) in [6.07, 6.45) is 1.55. The molecule has 0 fully saturated rings. The summed E-state index contributed by atoms with van der Waals surface area (Å²) in [5.41, 5.74) is 1.66. The molecule has 0 saturated carbocycles. The number of nitrogens with one attached hydrogen (secondary N) is 2. The minimum Gasteiger partial charge on any atom is -0.462 e. The van der Waals surface area contributed by atoms with Crippen LogP contribution in [0.1, 0.15) is 33.3 Å². The molecule has 0 aliphatic heterocycles. The van der Waals surface area contributed by atoms with Crippen LogP contribution in [0.2, 0.25) is 5.02 Å². The molecule has 2 N–H and O–H groups in total. The number of carbonyl (C=O) groups is 2. The molecule has 0 aliphatic carbocycles. The van der Waals surface area contributed by atoms with Gasteiger partial charge >= 0.3 is 5.97 Å². The van der Waals surface area contributed by atoms with Gasteiger partial charge in [-0.15, -0.1) is 0 Å². The number of anilines is 1. The van der Waals surface area contributed by atoms with Gasteiger partial charge in [-0.3, -0.25) is 4.79 Å². The number of hydrogen-bond donors (Lipinski definition) is 2. The van der Waals surface area contributed by atoms with Crippen molar-refractivity contribution in [2.75, 3.05) is 11.9 Å².